The fraction of sp³-hybridized carbons (Fsp3) is 0.263. The number of carbonyl (C=O) groups excluding carboxylic acids is 2. The van der Waals surface area contributed by atoms with Crippen molar-refractivity contribution in [1.82, 2.24) is 25.6 Å². The van der Waals surface area contributed by atoms with Crippen LogP contribution >= 0.6 is 0 Å². The van der Waals surface area contributed by atoms with Crippen molar-refractivity contribution < 1.29 is 32.7 Å². The van der Waals surface area contributed by atoms with E-state index in [9.17, 15) is 22.8 Å². The molecule has 1 saturated heterocycles. The third-order valence-corrected chi connectivity index (χ3v) is 4.59. The number of aromatic amines is 2. The lowest BCUT2D eigenvalue weighted by molar-refractivity contribution is -0.192. The van der Waals surface area contributed by atoms with Gasteiger partial charge < -0.3 is 25.7 Å². The minimum Gasteiger partial charge on any atom is -0.475 e. The van der Waals surface area contributed by atoms with Crippen molar-refractivity contribution in [1.29, 1.82) is 0 Å². The van der Waals surface area contributed by atoms with Gasteiger partial charge in [-0.05, 0) is 11.6 Å². The molecule has 4 rings (SSSR count). The highest BCUT2D eigenvalue weighted by molar-refractivity contribution is 5.97. The molecule has 12 heteroatoms. The first-order valence-electron chi connectivity index (χ1n) is 9.08. The SMILES string of the molecule is O=C(O)C(F)(F)F.O=C1N[C@H](Cc2c[nH]c3ccccc23)C(=O)N[C@H]1Cc1cnc[nH]1. The number of carboxylic acid groups (broad SMARTS) is 1. The Bertz CT molecular complexity index is 1080. The molecule has 2 amide bonds. The van der Waals surface area contributed by atoms with Crippen molar-refractivity contribution in [2.75, 3.05) is 0 Å². The number of hydrogen-bond acceptors (Lipinski definition) is 4. The summed E-state index contributed by atoms with van der Waals surface area (Å²) in [4.78, 5) is 43.6. The lowest BCUT2D eigenvalue weighted by Crippen LogP contribution is -2.62. The molecule has 3 heterocycles. The van der Waals surface area contributed by atoms with E-state index < -0.39 is 24.2 Å². The van der Waals surface area contributed by atoms with Crippen molar-refractivity contribution in [2.45, 2.75) is 31.1 Å². The summed E-state index contributed by atoms with van der Waals surface area (Å²) in [6, 6.07) is 6.77. The highest BCUT2D eigenvalue weighted by atomic mass is 19.4. The second kappa shape index (κ2) is 8.90. The summed E-state index contributed by atoms with van der Waals surface area (Å²) in [6.45, 7) is 0. The first-order chi connectivity index (χ1) is 14.6. The summed E-state index contributed by atoms with van der Waals surface area (Å²) >= 11 is 0. The van der Waals surface area contributed by atoms with Crippen LogP contribution in [-0.4, -0.2) is 56.1 Å². The molecule has 2 aromatic heterocycles. The Labute approximate surface area is 173 Å². The Balaban J connectivity index is 0.000000339. The maximum Gasteiger partial charge on any atom is 0.490 e. The summed E-state index contributed by atoms with van der Waals surface area (Å²) in [7, 11) is 0. The normalized spacial score (nSPS) is 18.7. The summed E-state index contributed by atoms with van der Waals surface area (Å²) in [6.07, 6.45) is 0.867. The molecule has 1 aliphatic rings. The van der Waals surface area contributed by atoms with Gasteiger partial charge in [0.05, 0.1) is 6.33 Å². The molecule has 1 fully saturated rings. The monoisotopic (exact) mass is 437 g/mol. The van der Waals surface area contributed by atoms with Gasteiger partial charge in [0.2, 0.25) is 11.8 Å². The maximum absolute atomic E-state index is 12.4. The minimum atomic E-state index is -5.08. The highest BCUT2D eigenvalue weighted by Gasteiger charge is 2.38. The fourth-order valence-electron chi connectivity index (χ4n) is 3.10. The number of alkyl halides is 3. The van der Waals surface area contributed by atoms with E-state index in [4.69, 9.17) is 9.90 Å². The largest absolute Gasteiger partial charge is 0.490 e. The molecular formula is C19H18F3N5O4. The van der Waals surface area contributed by atoms with Gasteiger partial charge in [-0.2, -0.15) is 13.2 Å². The number of fused-ring (bicyclic) bond motifs is 1. The van der Waals surface area contributed by atoms with Gasteiger partial charge in [-0.1, -0.05) is 18.2 Å². The number of hydrogen-bond donors (Lipinski definition) is 5. The average molecular weight is 437 g/mol. The van der Waals surface area contributed by atoms with Gasteiger partial charge in [-0.25, -0.2) is 9.78 Å². The lowest BCUT2D eigenvalue weighted by atomic mass is 10.00. The Hall–Kier alpha value is -3.83. The Kier molecular flexibility index (Phi) is 6.28. The van der Waals surface area contributed by atoms with Gasteiger partial charge in [-0.3, -0.25) is 9.59 Å². The van der Waals surface area contributed by atoms with Crippen LogP contribution in [0.5, 0.6) is 0 Å². The van der Waals surface area contributed by atoms with Crippen molar-refractivity contribution in [3.05, 3.63) is 54.2 Å². The number of benzene rings is 1. The fourth-order valence-corrected chi connectivity index (χ4v) is 3.10. The van der Waals surface area contributed by atoms with Gasteiger partial charge in [-0.15, -0.1) is 0 Å². The number of aromatic nitrogens is 3. The van der Waals surface area contributed by atoms with E-state index in [-0.39, 0.29) is 11.8 Å². The van der Waals surface area contributed by atoms with Gasteiger partial charge in [0.1, 0.15) is 12.1 Å². The summed E-state index contributed by atoms with van der Waals surface area (Å²) in [5, 5.41) is 13.8. The lowest BCUT2D eigenvalue weighted by Gasteiger charge is -2.29. The van der Waals surface area contributed by atoms with Crippen molar-refractivity contribution >= 4 is 28.7 Å². The first kappa shape index (κ1) is 21.9. The number of carboxylic acids is 1. The molecule has 0 unspecified atom stereocenters. The second-order valence-corrected chi connectivity index (χ2v) is 6.77. The molecule has 0 aliphatic carbocycles. The Morgan fingerprint density at radius 3 is 2.23 bits per heavy atom. The van der Waals surface area contributed by atoms with Crippen LogP contribution in [0, 0.1) is 0 Å². The van der Waals surface area contributed by atoms with E-state index >= 15 is 0 Å². The van der Waals surface area contributed by atoms with Crippen LogP contribution < -0.4 is 10.6 Å². The molecule has 1 aliphatic heterocycles. The van der Waals surface area contributed by atoms with Crippen LogP contribution in [0.4, 0.5) is 13.2 Å². The molecule has 31 heavy (non-hydrogen) atoms. The van der Waals surface area contributed by atoms with Crippen molar-refractivity contribution in [3.63, 3.8) is 0 Å². The standard InChI is InChI=1S/C17H17N5O2.C2HF3O2/c23-16-14(5-10-7-19-13-4-2-1-3-12(10)13)21-17(24)15(22-16)6-11-8-18-9-20-11;3-2(4,5)1(6)7/h1-4,7-9,14-15,19H,5-6H2,(H,18,20)(H,21,24)(H,22,23);(H,6,7)/t14-,15+;/m1./s1. The third-order valence-electron chi connectivity index (χ3n) is 4.59. The summed E-state index contributed by atoms with van der Waals surface area (Å²) < 4.78 is 31.7. The molecule has 0 spiro atoms. The summed E-state index contributed by atoms with van der Waals surface area (Å²) in [5.41, 5.74) is 2.84. The number of carbonyl (C=O) groups is 3. The number of nitrogens with one attached hydrogen (secondary N) is 4. The summed E-state index contributed by atoms with van der Waals surface area (Å²) in [5.74, 6) is -3.09. The van der Waals surface area contributed by atoms with E-state index in [1.165, 1.54) is 0 Å². The average Bonchev–Trinajstić information content (AvgIpc) is 3.36. The van der Waals surface area contributed by atoms with E-state index in [0.717, 1.165) is 22.2 Å². The molecule has 0 bridgehead atoms. The highest BCUT2D eigenvalue weighted by Crippen LogP contribution is 2.20. The quantitative estimate of drug-likeness (QED) is 0.419. The predicted octanol–water partition coefficient (Wildman–Crippen LogP) is 1.29. The predicted molar refractivity (Wildman–Crippen MR) is 102 cm³/mol. The Morgan fingerprint density at radius 2 is 1.65 bits per heavy atom. The number of H-pyrrole nitrogens is 2. The van der Waals surface area contributed by atoms with Gasteiger partial charge in [0.15, 0.2) is 0 Å². The third kappa shape index (κ3) is 5.41. The van der Waals surface area contributed by atoms with Crippen LogP contribution in [0.25, 0.3) is 10.9 Å². The number of amides is 2. The molecular weight excluding hydrogens is 419 g/mol. The minimum absolute atomic E-state index is 0.163. The molecule has 3 aromatic rings. The number of halogens is 3. The number of imidazole rings is 1. The van der Waals surface area contributed by atoms with Crippen LogP contribution in [0.2, 0.25) is 0 Å². The van der Waals surface area contributed by atoms with Crippen molar-refractivity contribution in [2.24, 2.45) is 0 Å². The van der Waals surface area contributed by atoms with Crippen LogP contribution in [0.3, 0.4) is 0 Å². The number of rotatable bonds is 4. The molecule has 0 saturated carbocycles. The van der Waals surface area contributed by atoms with Crippen LogP contribution in [0.1, 0.15) is 11.3 Å². The molecule has 5 N–H and O–H groups in total. The van der Waals surface area contributed by atoms with Gasteiger partial charge in [0, 0.05) is 41.8 Å². The number of aliphatic carboxylic acids is 1. The van der Waals surface area contributed by atoms with Crippen LogP contribution in [0.15, 0.2) is 43.0 Å². The topological polar surface area (TPSA) is 140 Å². The first-order valence-corrected chi connectivity index (χ1v) is 9.08. The second-order valence-electron chi connectivity index (χ2n) is 6.77. The molecule has 9 nitrogen and oxygen atoms in total. The van der Waals surface area contributed by atoms with E-state index in [1.807, 2.05) is 30.5 Å². The van der Waals surface area contributed by atoms with Gasteiger partial charge >= 0.3 is 12.1 Å². The molecule has 2 atom stereocenters. The zero-order valence-corrected chi connectivity index (χ0v) is 15.9. The maximum atomic E-state index is 12.4. The zero-order chi connectivity index (χ0) is 22.6. The van der Waals surface area contributed by atoms with Gasteiger partial charge in [0.25, 0.3) is 0 Å². The van der Waals surface area contributed by atoms with E-state index in [2.05, 4.69) is 25.6 Å². The Morgan fingerprint density at radius 1 is 1.03 bits per heavy atom. The number of nitrogens with zero attached hydrogens (tertiary/aromatic N) is 1. The van der Waals surface area contributed by atoms with Crippen molar-refractivity contribution in [3.8, 4) is 0 Å². The molecule has 1 aromatic carbocycles. The smallest absolute Gasteiger partial charge is 0.475 e. The van der Waals surface area contributed by atoms with Crippen LogP contribution in [-0.2, 0) is 27.2 Å². The molecule has 164 valence electrons. The number of para-hydroxylation sites is 1. The van der Waals surface area contributed by atoms with E-state index in [1.54, 1.807) is 12.5 Å². The zero-order valence-electron chi connectivity index (χ0n) is 15.9. The number of piperazine rings is 1. The van der Waals surface area contributed by atoms with E-state index in [0.29, 0.717) is 12.8 Å². The molecule has 0 radical (unpaired) electrons.